The van der Waals surface area contributed by atoms with Gasteiger partial charge in [-0.05, 0) is 162 Å². The lowest BCUT2D eigenvalue weighted by Gasteiger charge is -2.33. The van der Waals surface area contributed by atoms with Crippen molar-refractivity contribution in [1.82, 2.24) is 39.2 Å². The number of rotatable bonds is 28. The quantitative estimate of drug-likeness (QED) is 0.0289. The molecule has 6 N–H and O–H groups in total. The molecule has 8 atom stereocenters. The van der Waals surface area contributed by atoms with Crippen molar-refractivity contribution in [2.45, 2.75) is 201 Å². The molecule has 10 rings (SSSR count). The lowest BCUT2D eigenvalue weighted by molar-refractivity contribution is -0.146. The largest absolute Gasteiger partial charge is 0.493 e. The van der Waals surface area contributed by atoms with E-state index in [9.17, 15) is 47.1 Å². The second-order valence-electron chi connectivity index (χ2n) is 28.8. The fraction of sp³-hybridized carbons (Fsp3) is 0.556. The Balaban J connectivity index is 0.669. The van der Waals surface area contributed by atoms with E-state index in [0.29, 0.717) is 65.9 Å². The average molecular weight is 1420 g/mol. The molecule has 3 aromatic carbocycles. The molecule has 1 fully saturated rings. The highest BCUT2D eigenvalue weighted by molar-refractivity contribution is 7.88. The Labute approximate surface area is 590 Å². The van der Waals surface area contributed by atoms with Gasteiger partial charge in [0.25, 0.3) is 17.7 Å². The Morgan fingerprint density at radius 3 is 2.00 bits per heavy atom. The number of unbranched alkanes of at least 4 members (excludes halogenated alkanes) is 2. The molecule has 101 heavy (non-hydrogen) atoms. The number of anilines is 2. The predicted octanol–water partition coefficient (Wildman–Crippen LogP) is 8.78. The first-order chi connectivity index (χ1) is 47.8. The number of nitrogens with zero attached hydrogens (tertiary/aromatic N) is 6. The van der Waals surface area contributed by atoms with Crippen molar-refractivity contribution in [2.75, 3.05) is 44.3 Å². The summed E-state index contributed by atoms with van der Waals surface area (Å²) in [4.78, 5) is 105. The van der Waals surface area contributed by atoms with Crippen LogP contribution in [0.3, 0.4) is 0 Å². The number of hydrogen-bond acceptors (Lipinski definition) is 18. The zero-order valence-corrected chi connectivity index (χ0v) is 60.9. The van der Waals surface area contributed by atoms with Crippen LogP contribution in [0, 0.1) is 17.8 Å². The molecule has 6 aliphatic rings. The first kappa shape index (κ1) is 74.8. The fourth-order valence-corrected chi connectivity index (χ4v) is 15.0. The molecule has 29 heteroatoms. The number of carbonyl (C=O) groups is 7. The first-order valence-corrected chi connectivity index (χ1v) is 36.1. The molecule has 7 amide bonds. The highest BCUT2D eigenvalue weighted by Crippen LogP contribution is 2.50. The molecule has 1 aromatic heterocycles. The Bertz CT molecular complexity index is 4020. The van der Waals surface area contributed by atoms with Crippen LogP contribution >= 0.6 is 0 Å². The number of nitrogens with one attached hydrogen (secondary N) is 5. The van der Waals surface area contributed by atoms with Crippen LogP contribution in [-0.4, -0.2) is 162 Å². The molecule has 0 radical (unpaired) electrons. The Morgan fingerprint density at radius 2 is 1.36 bits per heavy atom. The van der Waals surface area contributed by atoms with Gasteiger partial charge in [0.15, 0.2) is 29.2 Å². The van der Waals surface area contributed by atoms with Gasteiger partial charge in [-0.25, -0.2) is 19.2 Å². The highest BCUT2D eigenvalue weighted by Gasteiger charge is 2.54. The van der Waals surface area contributed by atoms with Crippen LogP contribution in [-0.2, 0) is 65.3 Å². The number of fused-ring (bicyclic) bond motifs is 6. The summed E-state index contributed by atoms with van der Waals surface area (Å²) in [6, 6.07) is 9.93. The van der Waals surface area contributed by atoms with E-state index in [1.165, 1.54) is 63.4 Å². The van der Waals surface area contributed by atoms with E-state index in [0.717, 1.165) is 48.2 Å². The van der Waals surface area contributed by atoms with Crippen molar-refractivity contribution in [1.29, 1.82) is 0 Å². The number of benzene rings is 3. The van der Waals surface area contributed by atoms with Gasteiger partial charge in [0.2, 0.25) is 11.8 Å². The molecule has 4 aliphatic heterocycles. The molecule has 28 nitrogen and oxygen atoms in total. The SMILES string of the molecule is COc1cc2c(cc1OCCCCCOc1cc3c(cc1OC)C(=O)N1C=C(C)CC1C(O)N3C(=O)OCc1ccc(NC(=O)C(C)NC(=O)[C@@H](NC(=O)C(C)(C)OCCC(C)(C)NS(=O)(=O)NC(=O)OC3C4CCc5c(n(C(C)C)n5C)CCC43)C(C)C)cc1)N=CC1CC(C)=CN1C2=O. The number of methoxy groups -OCH3 is 2. The van der Waals surface area contributed by atoms with Gasteiger partial charge in [-0.3, -0.25) is 38.3 Å². The van der Waals surface area contributed by atoms with Crippen molar-refractivity contribution in [3.8, 4) is 23.0 Å². The topological polar surface area (TPSA) is 331 Å². The molecule has 0 spiro atoms. The lowest BCUT2D eigenvalue weighted by atomic mass is 9.99. The van der Waals surface area contributed by atoms with Gasteiger partial charge in [-0.15, -0.1) is 0 Å². The van der Waals surface area contributed by atoms with Crippen LogP contribution in [0.25, 0.3) is 0 Å². The standard InChI is InChI=1S/C72H97N11O17S/c1-40(2)61(76-68(89)72(10,11)99-29-26-71(8,9)78-101(92,93)77-69(90)100-62-48-22-24-53-54(25-23-49(48)62)83(41(3)4)79(53)12)64(85)74-44(7)63(84)75-46-20-18-45(19-21-46)39-98-70(91)82-55-35-60(58(95-14)33-51(55)66(87)81-38-43(6)31-56(81)67(82)88)97-28-17-15-16-27-96-59-34-52-50(32-57(59)94-13)65(86)80-37-42(5)30-47(80)36-73-52/h18-21,32-38,40-41,44,47-49,56,61-62,67,78,88H,15-17,22-31,39H2,1-14H3,(H,74,85)(H,75,84)(H,76,89)(H,77,90)/t44?,47?,48?,49?,56?,61-,62?,67?/m0/s1. The van der Waals surface area contributed by atoms with Crippen molar-refractivity contribution >= 4 is 75.2 Å². The molecule has 1 saturated carbocycles. The van der Waals surface area contributed by atoms with Gasteiger partial charge in [0.05, 0.1) is 73.4 Å². The number of aliphatic imine (C=N–C) groups is 1. The van der Waals surface area contributed by atoms with Gasteiger partial charge in [-0.2, -0.15) is 13.1 Å². The van der Waals surface area contributed by atoms with E-state index < -0.39 is 87.4 Å². The van der Waals surface area contributed by atoms with Crippen LogP contribution in [0.1, 0.15) is 171 Å². The van der Waals surface area contributed by atoms with E-state index in [4.69, 9.17) is 33.2 Å². The van der Waals surface area contributed by atoms with Crippen molar-refractivity contribution < 1.29 is 80.2 Å². The van der Waals surface area contributed by atoms with E-state index in [1.54, 1.807) is 81.4 Å². The van der Waals surface area contributed by atoms with Gasteiger partial charge < -0.3 is 64.0 Å². The first-order valence-electron chi connectivity index (χ1n) is 34.6. The molecule has 0 saturated heterocycles. The van der Waals surface area contributed by atoms with Gasteiger partial charge in [-0.1, -0.05) is 37.1 Å². The van der Waals surface area contributed by atoms with Crippen LogP contribution in [0.15, 0.2) is 77.1 Å². The molecule has 4 aromatic rings. The van der Waals surface area contributed by atoms with Crippen molar-refractivity contribution in [2.24, 2.45) is 29.8 Å². The minimum Gasteiger partial charge on any atom is -0.493 e. The van der Waals surface area contributed by atoms with Crippen LogP contribution < -0.4 is 49.2 Å². The minimum atomic E-state index is -4.38. The van der Waals surface area contributed by atoms with E-state index in [2.05, 4.69) is 55.9 Å². The number of amides is 7. The lowest BCUT2D eigenvalue weighted by Crippen LogP contribution is -2.57. The second-order valence-corrected chi connectivity index (χ2v) is 30.2. The summed E-state index contributed by atoms with van der Waals surface area (Å²) in [5, 5.41) is 20.2. The monoisotopic (exact) mass is 1420 g/mol. The molecule has 0 bridgehead atoms. The van der Waals surface area contributed by atoms with Gasteiger partial charge >= 0.3 is 22.4 Å². The van der Waals surface area contributed by atoms with Crippen LogP contribution in [0.2, 0.25) is 0 Å². The Morgan fingerprint density at radius 1 is 0.743 bits per heavy atom. The minimum absolute atomic E-state index is 0.0476. The number of ether oxygens (including phenoxy) is 7. The third kappa shape index (κ3) is 17.0. The third-order valence-electron chi connectivity index (χ3n) is 19.4. The summed E-state index contributed by atoms with van der Waals surface area (Å²) < 4.78 is 76.5. The van der Waals surface area contributed by atoms with Crippen molar-refractivity contribution in [3.63, 3.8) is 0 Å². The summed E-state index contributed by atoms with van der Waals surface area (Å²) in [6.07, 6.45) is 7.80. The van der Waals surface area contributed by atoms with Crippen LogP contribution in [0.4, 0.5) is 26.7 Å². The predicted molar refractivity (Wildman–Crippen MR) is 375 cm³/mol. The molecular formula is C72H97N11O17S. The molecular weight excluding hydrogens is 1320 g/mol. The zero-order chi connectivity index (χ0) is 73.2. The Kier molecular flexibility index (Phi) is 22.7. The molecule has 5 heterocycles. The number of hydrogen-bond donors (Lipinski definition) is 6. The summed E-state index contributed by atoms with van der Waals surface area (Å²) in [7, 11) is 0.637. The summed E-state index contributed by atoms with van der Waals surface area (Å²) in [5.41, 5.74) is 3.80. The highest BCUT2D eigenvalue weighted by atomic mass is 32.2. The maximum absolute atomic E-state index is 14.3. The van der Waals surface area contributed by atoms with E-state index in [1.807, 2.05) is 24.8 Å². The number of carbonyl (C=O) groups excluding carboxylic acids is 7. The maximum atomic E-state index is 14.3. The smallest absolute Gasteiger partial charge is 0.422 e. The van der Waals surface area contributed by atoms with Crippen LogP contribution in [0.5, 0.6) is 23.0 Å². The van der Waals surface area contributed by atoms with Gasteiger partial charge in [0, 0.05) is 73.5 Å². The normalized spacial score (nSPS) is 20.6. The molecule has 2 aliphatic carbocycles. The second kappa shape index (κ2) is 30.7. The average Bonchev–Trinajstić information content (AvgIpc) is 1.67. The number of aliphatic hydroxyl groups excluding tert-OH is 1. The fourth-order valence-electron chi connectivity index (χ4n) is 13.9. The third-order valence-corrected chi connectivity index (χ3v) is 20.7. The number of aliphatic hydroxyl groups is 1. The van der Waals surface area contributed by atoms with E-state index >= 15 is 0 Å². The maximum Gasteiger partial charge on any atom is 0.422 e. The summed E-state index contributed by atoms with van der Waals surface area (Å²) in [5.74, 6) is -1.24. The van der Waals surface area contributed by atoms with E-state index in [-0.39, 0.29) is 85.3 Å². The van der Waals surface area contributed by atoms with Gasteiger partial charge in [0.1, 0.15) is 30.4 Å². The number of aromatic nitrogens is 2. The Hall–Kier alpha value is -8.93. The van der Waals surface area contributed by atoms with Crippen molar-refractivity contribution in [3.05, 3.63) is 100 Å². The molecule has 7 unspecified atom stereocenters. The summed E-state index contributed by atoms with van der Waals surface area (Å²) >= 11 is 0. The molecule has 548 valence electrons. The zero-order valence-electron chi connectivity index (χ0n) is 60.1. The summed E-state index contributed by atoms with van der Waals surface area (Å²) in [6.45, 7) is 19.5.